The van der Waals surface area contributed by atoms with Crippen molar-refractivity contribution in [2.45, 2.75) is 16.6 Å². The monoisotopic (exact) mass is 401 g/mol. The fourth-order valence-corrected chi connectivity index (χ4v) is 5.31. The number of fused-ring (bicyclic) bond motifs is 1. The van der Waals surface area contributed by atoms with Gasteiger partial charge in [-0.15, -0.1) is 5.10 Å². The molecule has 0 saturated heterocycles. The third kappa shape index (κ3) is 3.33. The second kappa shape index (κ2) is 7.12. The molecule has 8 nitrogen and oxygen atoms in total. The maximum absolute atomic E-state index is 12.5. The molecule has 0 bridgehead atoms. The Bertz CT molecular complexity index is 1080. The first-order valence-electron chi connectivity index (χ1n) is 8.16. The van der Waals surface area contributed by atoms with Crippen LogP contribution in [0, 0.1) is 0 Å². The molecule has 0 atom stereocenters. The zero-order chi connectivity index (χ0) is 18.9. The summed E-state index contributed by atoms with van der Waals surface area (Å²) in [4.78, 5) is 12.5. The van der Waals surface area contributed by atoms with E-state index in [0.29, 0.717) is 17.5 Å². The molecule has 0 unspecified atom stereocenters. The fourth-order valence-electron chi connectivity index (χ4n) is 2.83. The van der Waals surface area contributed by atoms with Crippen molar-refractivity contribution in [1.82, 2.24) is 24.5 Å². The standard InChI is InChI=1S/C17H15N5O3S2/c23-16-14-8-4-5-9-15(14)27(24,25)22(16)10-11-26-17-18-19-20-21(17)12-13-6-2-1-3-7-13/h1-9H,10-12H2. The van der Waals surface area contributed by atoms with Crippen molar-refractivity contribution in [3.8, 4) is 0 Å². The molecule has 2 heterocycles. The summed E-state index contributed by atoms with van der Waals surface area (Å²) in [7, 11) is -3.78. The van der Waals surface area contributed by atoms with E-state index in [1.807, 2.05) is 30.3 Å². The summed E-state index contributed by atoms with van der Waals surface area (Å²) < 4.78 is 27.7. The number of nitrogens with zero attached hydrogens (tertiary/aromatic N) is 5. The number of carbonyl (C=O) groups excluding carboxylic acids is 1. The lowest BCUT2D eigenvalue weighted by molar-refractivity contribution is 0.0876. The quantitative estimate of drug-likeness (QED) is 0.579. The van der Waals surface area contributed by atoms with Gasteiger partial charge in [0, 0.05) is 12.3 Å². The number of sulfonamides is 1. The molecule has 1 aliphatic heterocycles. The van der Waals surface area contributed by atoms with Gasteiger partial charge < -0.3 is 0 Å². The number of carbonyl (C=O) groups is 1. The molecule has 4 rings (SSSR count). The molecule has 0 fully saturated rings. The summed E-state index contributed by atoms with van der Waals surface area (Å²) in [6.45, 7) is 0.571. The highest BCUT2D eigenvalue weighted by atomic mass is 32.2. The van der Waals surface area contributed by atoms with Crippen molar-refractivity contribution in [3.63, 3.8) is 0 Å². The van der Waals surface area contributed by atoms with Gasteiger partial charge in [0.25, 0.3) is 15.9 Å². The summed E-state index contributed by atoms with van der Waals surface area (Å²) >= 11 is 1.31. The molecule has 0 N–H and O–H groups in total. The minimum atomic E-state index is -3.78. The maximum Gasteiger partial charge on any atom is 0.269 e. The Morgan fingerprint density at radius 2 is 1.74 bits per heavy atom. The Morgan fingerprint density at radius 1 is 1.00 bits per heavy atom. The van der Waals surface area contributed by atoms with Crippen molar-refractivity contribution >= 4 is 27.7 Å². The summed E-state index contributed by atoms with van der Waals surface area (Å²) in [6.07, 6.45) is 0. The van der Waals surface area contributed by atoms with Crippen LogP contribution >= 0.6 is 11.8 Å². The minimum absolute atomic E-state index is 0.0543. The molecule has 0 saturated carbocycles. The minimum Gasteiger partial charge on any atom is -0.268 e. The molecule has 0 aliphatic carbocycles. The van der Waals surface area contributed by atoms with Gasteiger partial charge in [0.1, 0.15) is 4.90 Å². The zero-order valence-electron chi connectivity index (χ0n) is 14.1. The van der Waals surface area contributed by atoms with Crippen LogP contribution in [0.5, 0.6) is 0 Å². The number of rotatable bonds is 6. The Morgan fingerprint density at radius 3 is 2.52 bits per heavy atom. The number of thioether (sulfide) groups is 1. The molecule has 1 amide bonds. The Kier molecular flexibility index (Phi) is 4.66. The number of amides is 1. The first-order chi connectivity index (χ1) is 13.1. The first-order valence-corrected chi connectivity index (χ1v) is 10.6. The molecule has 0 spiro atoms. The molecular formula is C17H15N5O3S2. The average Bonchev–Trinajstić information content (AvgIpc) is 3.19. The molecule has 138 valence electrons. The fraction of sp³-hybridized carbons (Fsp3) is 0.176. The van der Waals surface area contributed by atoms with Gasteiger partial charge in [-0.2, -0.15) is 0 Å². The highest BCUT2D eigenvalue weighted by Gasteiger charge is 2.40. The molecule has 10 heteroatoms. The van der Waals surface area contributed by atoms with Gasteiger partial charge in [-0.3, -0.25) is 4.79 Å². The molecule has 3 aromatic rings. The van der Waals surface area contributed by atoms with Crippen LogP contribution in [0.15, 0.2) is 64.6 Å². The smallest absolute Gasteiger partial charge is 0.268 e. The van der Waals surface area contributed by atoms with Crippen LogP contribution in [-0.2, 0) is 16.6 Å². The van der Waals surface area contributed by atoms with E-state index in [2.05, 4.69) is 15.5 Å². The van der Waals surface area contributed by atoms with Crippen molar-refractivity contribution in [3.05, 3.63) is 65.7 Å². The van der Waals surface area contributed by atoms with E-state index in [-0.39, 0.29) is 17.0 Å². The molecule has 1 aromatic heterocycles. The normalized spacial score (nSPS) is 15.1. The van der Waals surface area contributed by atoms with Crippen LogP contribution in [0.4, 0.5) is 0 Å². The summed E-state index contributed by atoms with van der Waals surface area (Å²) in [5.41, 5.74) is 1.27. The van der Waals surface area contributed by atoms with E-state index in [9.17, 15) is 13.2 Å². The van der Waals surface area contributed by atoms with Crippen molar-refractivity contribution < 1.29 is 13.2 Å². The molecule has 0 radical (unpaired) electrons. The molecule has 2 aromatic carbocycles. The highest BCUT2D eigenvalue weighted by molar-refractivity contribution is 7.99. The van der Waals surface area contributed by atoms with Crippen LogP contribution in [0.3, 0.4) is 0 Å². The zero-order valence-corrected chi connectivity index (χ0v) is 15.7. The van der Waals surface area contributed by atoms with Gasteiger partial charge in [-0.25, -0.2) is 17.4 Å². The van der Waals surface area contributed by atoms with E-state index < -0.39 is 15.9 Å². The molecule has 27 heavy (non-hydrogen) atoms. The van der Waals surface area contributed by atoms with E-state index in [0.717, 1.165) is 9.87 Å². The van der Waals surface area contributed by atoms with Gasteiger partial charge in [0.15, 0.2) is 0 Å². The average molecular weight is 401 g/mol. The van der Waals surface area contributed by atoms with Gasteiger partial charge in [-0.05, 0) is 28.1 Å². The lowest BCUT2D eigenvalue weighted by atomic mass is 10.2. The van der Waals surface area contributed by atoms with Crippen LogP contribution in [0.1, 0.15) is 15.9 Å². The van der Waals surface area contributed by atoms with Crippen LogP contribution in [0.25, 0.3) is 0 Å². The highest BCUT2D eigenvalue weighted by Crippen LogP contribution is 2.30. The van der Waals surface area contributed by atoms with E-state index in [1.54, 1.807) is 16.8 Å². The van der Waals surface area contributed by atoms with E-state index in [4.69, 9.17) is 0 Å². The van der Waals surface area contributed by atoms with Crippen molar-refractivity contribution in [2.75, 3.05) is 12.3 Å². The lowest BCUT2D eigenvalue weighted by Crippen LogP contribution is -2.32. The summed E-state index contributed by atoms with van der Waals surface area (Å²) in [5.74, 6) is -0.135. The predicted octanol–water partition coefficient (Wildman–Crippen LogP) is 1.66. The number of hydrogen-bond acceptors (Lipinski definition) is 7. The second-order valence-corrected chi connectivity index (χ2v) is 8.72. The summed E-state index contributed by atoms with van der Waals surface area (Å²) in [6, 6.07) is 16.0. The van der Waals surface area contributed by atoms with Crippen molar-refractivity contribution in [1.29, 1.82) is 0 Å². The van der Waals surface area contributed by atoms with Gasteiger partial charge in [0.2, 0.25) is 5.16 Å². The first kappa shape index (κ1) is 17.7. The maximum atomic E-state index is 12.5. The SMILES string of the molecule is O=C1c2ccccc2S(=O)(=O)N1CCSc1nnnn1Cc1ccccc1. The number of tetrazole rings is 1. The third-order valence-corrected chi connectivity index (χ3v) is 6.89. The number of aromatic nitrogens is 4. The van der Waals surface area contributed by atoms with E-state index >= 15 is 0 Å². The van der Waals surface area contributed by atoms with E-state index in [1.165, 1.54) is 23.9 Å². The Hall–Kier alpha value is -2.72. The molecule has 1 aliphatic rings. The Balaban J connectivity index is 1.43. The topological polar surface area (TPSA) is 98.1 Å². The largest absolute Gasteiger partial charge is 0.269 e. The Labute approximate surface area is 160 Å². The summed E-state index contributed by atoms with van der Waals surface area (Å²) in [5, 5.41) is 12.2. The van der Waals surface area contributed by atoms with Crippen LogP contribution in [-0.4, -0.2) is 51.1 Å². The van der Waals surface area contributed by atoms with Crippen molar-refractivity contribution in [2.24, 2.45) is 0 Å². The van der Waals surface area contributed by atoms with Crippen LogP contribution in [0.2, 0.25) is 0 Å². The number of hydrogen-bond donors (Lipinski definition) is 0. The number of benzene rings is 2. The lowest BCUT2D eigenvalue weighted by Gasteiger charge is -2.14. The van der Waals surface area contributed by atoms with Gasteiger partial charge in [-0.1, -0.05) is 54.2 Å². The second-order valence-electron chi connectivity index (χ2n) is 5.83. The van der Waals surface area contributed by atoms with Gasteiger partial charge in [0.05, 0.1) is 12.1 Å². The van der Waals surface area contributed by atoms with Crippen LogP contribution < -0.4 is 0 Å². The third-order valence-electron chi connectivity index (χ3n) is 4.11. The molecular weight excluding hydrogens is 386 g/mol. The van der Waals surface area contributed by atoms with Gasteiger partial charge >= 0.3 is 0 Å². The predicted molar refractivity (Wildman–Crippen MR) is 98.7 cm³/mol.